The fourth-order valence-electron chi connectivity index (χ4n) is 0.978. The number of rotatable bonds is 0. The van der Waals surface area contributed by atoms with Gasteiger partial charge in [0, 0.05) is 11.5 Å². The van der Waals surface area contributed by atoms with Crippen molar-refractivity contribution in [2.75, 3.05) is 18.1 Å². The summed E-state index contributed by atoms with van der Waals surface area (Å²) in [6.07, 6.45) is 0.525. The number of ether oxygens (including phenoxy) is 2. The van der Waals surface area contributed by atoms with E-state index >= 15 is 0 Å². The third-order valence-corrected chi connectivity index (χ3v) is 2.49. The zero-order chi connectivity index (χ0) is 5.40. The Morgan fingerprint density at radius 2 is 2.38 bits per heavy atom. The van der Waals surface area contributed by atoms with Gasteiger partial charge in [-0.3, -0.25) is 0 Å². The molecule has 2 bridgehead atoms. The second-order valence-electron chi connectivity index (χ2n) is 2.06. The Morgan fingerprint density at radius 3 is 3.12 bits per heavy atom. The summed E-state index contributed by atoms with van der Waals surface area (Å²) in [5, 5.41) is 0. The zero-order valence-corrected chi connectivity index (χ0v) is 5.32. The van der Waals surface area contributed by atoms with Crippen molar-refractivity contribution in [3.8, 4) is 0 Å². The summed E-state index contributed by atoms with van der Waals surface area (Å²) in [6.45, 7) is 0.817. The van der Waals surface area contributed by atoms with Gasteiger partial charge in [0.05, 0.1) is 12.7 Å². The van der Waals surface area contributed by atoms with Crippen LogP contribution in [-0.2, 0) is 9.47 Å². The fraction of sp³-hybridized carbons (Fsp3) is 1.00. The van der Waals surface area contributed by atoms with E-state index in [0.717, 1.165) is 18.1 Å². The molecule has 0 aromatic carbocycles. The molecule has 0 radical (unpaired) electrons. The lowest BCUT2D eigenvalue weighted by Gasteiger charge is -2.15. The predicted molar refractivity (Wildman–Crippen MR) is 31.9 cm³/mol. The Hall–Kier alpha value is 0.270. The van der Waals surface area contributed by atoms with Crippen molar-refractivity contribution in [2.24, 2.45) is 0 Å². The molecule has 8 heavy (non-hydrogen) atoms. The van der Waals surface area contributed by atoms with Gasteiger partial charge >= 0.3 is 0 Å². The highest BCUT2D eigenvalue weighted by atomic mass is 32.2. The molecule has 2 rings (SSSR count). The van der Waals surface area contributed by atoms with E-state index in [2.05, 4.69) is 0 Å². The smallest absolute Gasteiger partial charge is 0.167 e. The molecule has 2 aliphatic heterocycles. The molecule has 2 aliphatic rings. The lowest BCUT2D eigenvalue weighted by atomic mass is 10.4. The van der Waals surface area contributed by atoms with Crippen LogP contribution in [0.2, 0.25) is 0 Å². The molecule has 0 aromatic heterocycles. The summed E-state index contributed by atoms with van der Waals surface area (Å²) in [4.78, 5) is 0. The van der Waals surface area contributed by atoms with E-state index in [9.17, 15) is 0 Å². The van der Waals surface area contributed by atoms with E-state index in [4.69, 9.17) is 9.47 Å². The van der Waals surface area contributed by atoms with Crippen LogP contribution in [0.1, 0.15) is 0 Å². The van der Waals surface area contributed by atoms with Crippen LogP contribution in [0.5, 0.6) is 0 Å². The summed E-state index contributed by atoms with van der Waals surface area (Å²) in [5.74, 6) is 2.15. The Morgan fingerprint density at radius 1 is 1.38 bits per heavy atom. The summed E-state index contributed by atoms with van der Waals surface area (Å²) in [5.41, 5.74) is 0. The number of hydrogen-bond acceptors (Lipinski definition) is 3. The quantitative estimate of drug-likeness (QED) is 0.477. The molecule has 0 amide bonds. The maximum Gasteiger partial charge on any atom is 0.167 e. The van der Waals surface area contributed by atoms with E-state index in [0.29, 0.717) is 6.10 Å². The molecule has 3 heteroatoms. The van der Waals surface area contributed by atoms with Crippen LogP contribution < -0.4 is 0 Å². The minimum absolute atomic E-state index is 0.124. The summed E-state index contributed by atoms with van der Waals surface area (Å²) in [7, 11) is 0. The predicted octanol–water partition coefficient (Wildman–Crippen LogP) is 0.475. The minimum Gasteiger partial charge on any atom is -0.349 e. The lowest BCUT2D eigenvalue weighted by molar-refractivity contribution is -0.0381. The van der Waals surface area contributed by atoms with Crippen LogP contribution in [-0.4, -0.2) is 30.5 Å². The van der Waals surface area contributed by atoms with Crippen molar-refractivity contribution in [3.05, 3.63) is 0 Å². The van der Waals surface area contributed by atoms with Gasteiger partial charge in [-0.25, -0.2) is 0 Å². The fourth-order valence-corrected chi connectivity index (χ4v) is 1.92. The van der Waals surface area contributed by atoms with Crippen molar-refractivity contribution < 1.29 is 9.47 Å². The highest BCUT2D eigenvalue weighted by Crippen LogP contribution is 2.24. The molecule has 2 heterocycles. The molecule has 2 atom stereocenters. The topological polar surface area (TPSA) is 18.5 Å². The molecule has 0 aromatic rings. The average Bonchev–Trinajstić information content (AvgIpc) is 2.12. The van der Waals surface area contributed by atoms with Crippen molar-refractivity contribution >= 4 is 11.8 Å². The summed E-state index contributed by atoms with van der Waals surface area (Å²) < 4.78 is 10.6. The summed E-state index contributed by atoms with van der Waals surface area (Å²) in [6, 6.07) is 0. The maximum absolute atomic E-state index is 5.35. The molecule has 0 N–H and O–H groups in total. The van der Waals surface area contributed by atoms with Crippen LogP contribution in [0.25, 0.3) is 0 Å². The Bertz CT molecular complexity index is 82.4. The monoisotopic (exact) mass is 132 g/mol. The number of hydrogen-bond donors (Lipinski definition) is 0. The van der Waals surface area contributed by atoms with Gasteiger partial charge in [-0.1, -0.05) is 0 Å². The Labute approximate surface area is 52.5 Å². The Balaban J connectivity index is 2.03. The van der Waals surface area contributed by atoms with Gasteiger partial charge in [-0.2, -0.15) is 11.8 Å². The standard InChI is InChI=1S/C5H8O2S/c1-4-2-8-3-5(6-1)7-4/h4-5H,1-3H2. The average molecular weight is 132 g/mol. The molecular formula is C5H8O2S. The molecule has 0 spiro atoms. The van der Waals surface area contributed by atoms with E-state index in [1.807, 2.05) is 11.8 Å². The first kappa shape index (κ1) is 5.09. The number of fused-ring (bicyclic) bond motifs is 2. The van der Waals surface area contributed by atoms with E-state index < -0.39 is 0 Å². The first-order valence-electron chi connectivity index (χ1n) is 2.80. The molecule has 2 nitrogen and oxygen atoms in total. The van der Waals surface area contributed by atoms with Crippen molar-refractivity contribution in [2.45, 2.75) is 12.4 Å². The summed E-state index contributed by atoms with van der Waals surface area (Å²) >= 11 is 1.92. The lowest BCUT2D eigenvalue weighted by Crippen LogP contribution is -2.22. The first-order valence-corrected chi connectivity index (χ1v) is 3.95. The van der Waals surface area contributed by atoms with Crippen molar-refractivity contribution in [3.63, 3.8) is 0 Å². The molecular weight excluding hydrogens is 124 g/mol. The van der Waals surface area contributed by atoms with E-state index in [-0.39, 0.29) is 6.29 Å². The van der Waals surface area contributed by atoms with Gasteiger partial charge < -0.3 is 9.47 Å². The van der Waals surface area contributed by atoms with Gasteiger partial charge in [0.25, 0.3) is 0 Å². The first-order chi connectivity index (χ1) is 3.95. The number of thioether (sulfide) groups is 1. The Kier molecular flexibility index (Phi) is 1.21. The van der Waals surface area contributed by atoms with E-state index in [1.54, 1.807) is 0 Å². The SMILES string of the molecule is C1OC2CSCC1O2. The van der Waals surface area contributed by atoms with Crippen molar-refractivity contribution in [1.29, 1.82) is 0 Å². The minimum atomic E-state index is 0.124. The highest BCUT2D eigenvalue weighted by Gasteiger charge is 2.30. The molecule has 0 aliphatic carbocycles. The van der Waals surface area contributed by atoms with Crippen molar-refractivity contribution in [1.82, 2.24) is 0 Å². The molecule has 2 unspecified atom stereocenters. The van der Waals surface area contributed by atoms with Crippen LogP contribution in [0.3, 0.4) is 0 Å². The normalized spacial score (nSPS) is 45.0. The second kappa shape index (κ2) is 1.90. The van der Waals surface area contributed by atoms with Crippen LogP contribution >= 0.6 is 11.8 Å². The maximum atomic E-state index is 5.35. The second-order valence-corrected chi connectivity index (χ2v) is 3.13. The van der Waals surface area contributed by atoms with E-state index in [1.165, 1.54) is 0 Å². The van der Waals surface area contributed by atoms with Crippen LogP contribution in [0, 0.1) is 0 Å². The third kappa shape index (κ3) is 0.747. The molecule has 2 fully saturated rings. The third-order valence-electron chi connectivity index (χ3n) is 1.37. The largest absolute Gasteiger partial charge is 0.349 e. The van der Waals surface area contributed by atoms with Gasteiger partial charge in [-0.05, 0) is 0 Å². The molecule has 46 valence electrons. The van der Waals surface area contributed by atoms with Gasteiger partial charge in [0.1, 0.15) is 0 Å². The van der Waals surface area contributed by atoms with Gasteiger partial charge in [-0.15, -0.1) is 0 Å². The van der Waals surface area contributed by atoms with Gasteiger partial charge in [0.15, 0.2) is 6.29 Å². The van der Waals surface area contributed by atoms with Gasteiger partial charge in [0.2, 0.25) is 0 Å². The van der Waals surface area contributed by atoms with Crippen LogP contribution in [0.4, 0.5) is 0 Å². The molecule has 2 saturated heterocycles. The zero-order valence-electron chi connectivity index (χ0n) is 4.50. The molecule has 0 saturated carbocycles. The van der Waals surface area contributed by atoms with Crippen LogP contribution in [0.15, 0.2) is 0 Å². The highest BCUT2D eigenvalue weighted by molar-refractivity contribution is 7.99.